The maximum atomic E-state index is 12.3. The number of carbonyl (C=O) groups excluding carboxylic acids is 4. The van der Waals surface area contributed by atoms with Gasteiger partial charge in [-0.3, -0.25) is 14.4 Å². The second-order valence-corrected chi connectivity index (χ2v) is 5.05. The summed E-state index contributed by atoms with van der Waals surface area (Å²) in [6, 6.07) is -1.17. The lowest BCUT2D eigenvalue weighted by atomic mass is 10.1. The lowest BCUT2D eigenvalue weighted by molar-refractivity contribution is -0.144. The molecular weight excluding hydrogens is 274 g/mol. The fraction of sp³-hybridized carbons (Fsp3) is 0.714. The van der Waals surface area contributed by atoms with Gasteiger partial charge in [0, 0.05) is 26.9 Å². The number of nitrogens with zero attached hydrogens (tertiary/aromatic N) is 1. The first-order valence-corrected chi connectivity index (χ1v) is 7.24. The topological polar surface area (TPSA) is 95.6 Å². The summed E-state index contributed by atoms with van der Waals surface area (Å²) in [5.41, 5.74) is 0. The fourth-order valence-electron chi connectivity index (χ4n) is 2.64. The number of hydrogen-bond donors (Lipinski definition) is 2. The van der Waals surface area contributed by atoms with Crippen molar-refractivity contribution in [2.45, 2.75) is 50.6 Å². The van der Waals surface area contributed by atoms with Crippen LogP contribution in [0.5, 0.6) is 0 Å². The molecule has 7 nitrogen and oxygen atoms in total. The van der Waals surface area contributed by atoms with E-state index in [9.17, 15) is 19.2 Å². The number of unbranched alkanes of at least 4 members (excludes halogenated alkanes) is 2. The summed E-state index contributed by atoms with van der Waals surface area (Å²) in [6.07, 6.45) is 3.67. The van der Waals surface area contributed by atoms with E-state index in [-0.39, 0.29) is 24.1 Å². The predicted octanol–water partition coefficient (Wildman–Crippen LogP) is -0.403. The van der Waals surface area contributed by atoms with Crippen molar-refractivity contribution < 1.29 is 19.2 Å². The van der Waals surface area contributed by atoms with E-state index in [0.717, 1.165) is 6.29 Å². The van der Waals surface area contributed by atoms with Crippen molar-refractivity contribution in [3.05, 3.63) is 0 Å². The quantitative estimate of drug-likeness (QED) is 0.493. The van der Waals surface area contributed by atoms with Crippen LogP contribution in [-0.2, 0) is 19.2 Å². The van der Waals surface area contributed by atoms with Crippen LogP contribution in [-0.4, -0.2) is 55.1 Å². The zero-order valence-electron chi connectivity index (χ0n) is 12.6. The fourth-order valence-corrected chi connectivity index (χ4v) is 2.64. The van der Waals surface area contributed by atoms with Gasteiger partial charge in [-0.1, -0.05) is 0 Å². The Morgan fingerprint density at radius 3 is 2.00 bits per heavy atom. The maximum absolute atomic E-state index is 12.3. The summed E-state index contributed by atoms with van der Waals surface area (Å²) in [4.78, 5) is 47.8. The number of nitrogens with one attached hydrogen (secondary N) is 2. The molecule has 1 saturated heterocycles. The average Bonchev–Trinajstić information content (AvgIpc) is 2.94. The molecule has 2 atom stereocenters. The van der Waals surface area contributed by atoms with E-state index in [0.29, 0.717) is 32.1 Å². The third-order valence-electron chi connectivity index (χ3n) is 3.73. The second kappa shape index (κ2) is 8.39. The zero-order valence-corrected chi connectivity index (χ0v) is 12.6. The van der Waals surface area contributed by atoms with Crippen molar-refractivity contribution in [1.29, 1.82) is 0 Å². The van der Waals surface area contributed by atoms with Crippen LogP contribution in [0.4, 0.5) is 0 Å². The van der Waals surface area contributed by atoms with Crippen LogP contribution >= 0.6 is 0 Å². The van der Waals surface area contributed by atoms with Gasteiger partial charge in [0.25, 0.3) is 0 Å². The summed E-state index contributed by atoms with van der Waals surface area (Å²) < 4.78 is 0. The van der Waals surface area contributed by atoms with Crippen LogP contribution < -0.4 is 10.6 Å². The number of likely N-dealkylation sites (N-methyl/N-ethyl adjacent to an activating group) is 2. The van der Waals surface area contributed by atoms with Gasteiger partial charge in [-0.05, 0) is 25.7 Å². The molecule has 0 aromatic rings. The molecule has 118 valence electrons. The molecule has 0 aromatic heterocycles. The van der Waals surface area contributed by atoms with E-state index in [2.05, 4.69) is 10.6 Å². The lowest BCUT2D eigenvalue weighted by Crippen LogP contribution is -2.52. The molecule has 1 fully saturated rings. The highest BCUT2D eigenvalue weighted by molar-refractivity contribution is 5.93. The highest BCUT2D eigenvalue weighted by Gasteiger charge is 2.43. The molecule has 1 unspecified atom stereocenters. The molecule has 0 aromatic carbocycles. The smallest absolute Gasteiger partial charge is 0.242 e. The minimum Gasteiger partial charge on any atom is -0.357 e. The molecule has 0 radical (unpaired) electrons. The monoisotopic (exact) mass is 297 g/mol. The molecule has 1 aliphatic heterocycles. The molecule has 0 spiro atoms. The van der Waals surface area contributed by atoms with E-state index in [1.807, 2.05) is 0 Å². The Kier molecular flexibility index (Phi) is 6.84. The van der Waals surface area contributed by atoms with Gasteiger partial charge in [0.1, 0.15) is 18.4 Å². The van der Waals surface area contributed by atoms with Crippen LogP contribution in [0.15, 0.2) is 0 Å². The third kappa shape index (κ3) is 4.27. The van der Waals surface area contributed by atoms with E-state index < -0.39 is 12.1 Å². The Hall–Kier alpha value is -1.92. The first kappa shape index (κ1) is 17.1. The zero-order chi connectivity index (χ0) is 15.8. The summed E-state index contributed by atoms with van der Waals surface area (Å²) in [6.45, 7) is 0. The van der Waals surface area contributed by atoms with E-state index in [1.165, 1.54) is 19.0 Å². The van der Waals surface area contributed by atoms with Gasteiger partial charge in [-0.15, -0.1) is 0 Å². The molecule has 0 aliphatic carbocycles. The predicted molar refractivity (Wildman–Crippen MR) is 76.3 cm³/mol. The second-order valence-electron chi connectivity index (χ2n) is 5.05. The van der Waals surface area contributed by atoms with Gasteiger partial charge in [0.15, 0.2) is 0 Å². The number of likely N-dealkylation sites (tertiary alicyclic amines) is 1. The van der Waals surface area contributed by atoms with Crippen molar-refractivity contribution in [3.8, 4) is 0 Å². The Bertz CT molecular complexity index is 387. The van der Waals surface area contributed by atoms with Gasteiger partial charge in [0.05, 0.1) is 0 Å². The molecule has 0 bridgehead atoms. The first-order chi connectivity index (χ1) is 10.1. The summed E-state index contributed by atoms with van der Waals surface area (Å²) in [7, 11) is 3.03. The number of rotatable bonds is 7. The van der Waals surface area contributed by atoms with Crippen molar-refractivity contribution in [3.63, 3.8) is 0 Å². The van der Waals surface area contributed by atoms with Crippen molar-refractivity contribution in [1.82, 2.24) is 15.5 Å². The van der Waals surface area contributed by atoms with E-state index >= 15 is 0 Å². The molecule has 0 saturated carbocycles. The highest BCUT2D eigenvalue weighted by Crippen LogP contribution is 2.26. The molecular formula is C14H23N3O4. The molecule has 1 rings (SSSR count). The maximum Gasteiger partial charge on any atom is 0.242 e. The normalized spacial score (nSPS) is 21.0. The molecule has 3 amide bonds. The van der Waals surface area contributed by atoms with Crippen LogP contribution in [0.2, 0.25) is 0 Å². The Morgan fingerprint density at radius 2 is 1.57 bits per heavy atom. The molecule has 7 heteroatoms. The number of carbonyl (C=O) groups is 4. The first-order valence-electron chi connectivity index (χ1n) is 7.24. The SMILES string of the molecule is CNC(=O)C1CC[C@@H](C(=O)NC)N1C(=O)CCCCC=O. The van der Waals surface area contributed by atoms with Crippen molar-refractivity contribution in [2.75, 3.05) is 14.1 Å². The molecule has 1 aliphatic rings. The van der Waals surface area contributed by atoms with Crippen LogP contribution in [0.3, 0.4) is 0 Å². The molecule has 2 N–H and O–H groups in total. The minimum atomic E-state index is -0.587. The number of aldehydes is 1. The van der Waals surface area contributed by atoms with E-state index in [1.54, 1.807) is 0 Å². The summed E-state index contributed by atoms with van der Waals surface area (Å²) in [5.74, 6) is -0.703. The van der Waals surface area contributed by atoms with Gasteiger partial charge >= 0.3 is 0 Å². The average molecular weight is 297 g/mol. The minimum absolute atomic E-state index is 0.208. The van der Waals surface area contributed by atoms with Gasteiger partial charge < -0.3 is 20.3 Å². The van der Waals surface area contributed by atoms with Gasteiger partial charge in [0.2, 0.25) is 17.7 Å². The highest BCUT2D eigenvalue weighted by atomic mass is 16.2. The Labute approximate surface area is 124 Å². The van der Waals surface area contributed by atoms with E-state index in [4.69, 9.17) is 0 Å². The molecule has 21 heavy (non-hydrogen) atoms. The van der Waals surface area contributed by atoms with Crippen LogP contribution in [0.1, 0.15) is 38.5 Å². The Morgan fingerprint density at radius 1 is 1.05 bits per heavy atom. The van der Waals surface area contributed by atoms with Crippen molar-refractivity contribution >= 4 is 24.0 Å². The van der Waals surface area contributed by atoms with Gasteiger partial charge in [-0.2, -0.15) is 0 Å². The van der Waals surface area contributed by atoms with Crippen LogP contribution in [0.25, 0.3) is 0 Å². The van der Waals surface area contributed by atoms with Crippen LogP contribution in [0, 0.1) is 0 Å². The van der Waals surface area contributed by atoms with Gasteiger partial charge in [-0.25, -0.2) is 0 Å². The largest absolute Gasteiger partial charge is 0.357 e. The number of amides is 3. The lowest BCUT2D eigenvalue weighted by Gasteiger charge is -2.28. The molecule has 1 heterocycles. The summed E-state index contributed by atoms with van der Waals surface area (Å²) >= 11 is 0. The standard InChI is InChI=1S/C14H23N3O4/c1-15-13(20)10-7-8-11(14(21)16-2)17(10)12(19)6-4-3-5-9-18/h9-11H,3-8H2,1-2H3,(H,15,20)(H,16,21)/t10-,11?/m0/s1. The van der Waals surface area contributed by atoms with Crippen molar-refractivity contribution in [2.24, 2.45) is 0 Å². The Balaban J connectivity index is 2.76. The summed E-state index contributed by atoms with van der Waals surface area (Å²) in [5, 5.41) is 5.07. The number of hydrogen-bond acceptors (Lipinski definition) is 4. The third-order valence-corrected chi connectivity index (χ3v) is 3.73.